The number of nitrogens with one attached hydrogen (secondary N) is 1. The summed E-state index contributed by atoms with van der Waals surface area (Å²) in [5.41, 5.74) is 8.89. The maximum absolute atomic E-state index is 12.6. The largest absolute Gasteiger partial charge is 0.449 e. The summed E-state index contributed by atoms with van der Waals surface area (Å²) in [6, 6.07) is 28.7. The van der Waals surface area contributed by atoms with Gasteiger partial charge in [0.25, 0.3) is 0 Å². The molecule has 0 unspecified atom stereocenters. The number of aryl methyl sites for hydroxylation is 1. The lowest BCUT2D eigenvalue weighted by atomic mass is 9.98. The summed E-state index contributed by atoms with van der Waals surface area (Å²) in [5.74, 6) is 0.0489. The zero-order chi connectivity index (χ0) is 24.2. The molecule has 1 aromatic heterocycles. The zero-order valence-electron chi connectivity index (χ0n) is 20.1. The zero-order valence-corrected chi connectivity index (χ0v) is 20.1. The lowest BCUT2D eigenvalue weighted by molar-refractivity contribution is 0.139. The van der Waals surface area contributed by atoms with Gasteiger partial charge in [0.05, 0.1) is 11.4 Å². The first kappa shape index (κ1) is 22.8. The van der Waals surface area contributed by atoms with Gasteiger partial charge < -0.3 is 10.1 Å². The van der Waals surface area contributed by atoms with Crippen LogP contribution in [-0.2, 0) is 17.6 Å². The molecule has 5 nitrogen and oxygen atoms in total. The first-order valence-corrected chi connectivity index (χ1v) is 12.2. The molecule has 1 aliphatic rings. The molecule has 1 N–H and O–H groups in total. The molecule has 0 radical (unpaired) electrons. The molecule has 176 valence electrons. The molecule has 0 saturated carbocycles. The molecule has 0 spiro atoms. The number of rotatable bonds is 7. The van der Waals surface area contributed by atoms with Gasteiger partial charge in [-0.1, -0.05) is 79.7 Å². The first-order chi connectivity index (χ1) is 17.1. The van der Waals surface area contributed by atoms with Gasteiger partial charge in [-0.15, -0.1) is 0 Å². The van der Waals surface area contributed by atoms with Crippen molar-refractivity contribution in [3.63, 3.8) is 0 Å². The van der Waals surface area contributed by atoms with E-state index in [9.17, 15) is 4.79 Å². The lowest BCUT2D eigenvalue weighted by Crippen LogP contribution is -2.35. The second-order valence-electron chi connectivity index (χ2n) is 9.00. The van der Waals surface area contributed by atoms with Crippen LogP contribution in [0.15, 0.2) is 84.9 Å². The van der Waals surface area contributed by atoms with E-state index in [4.69, 9.17) is 4.74 Å². The quantitative estimate of drug-likeness (QED) is 0.356. The average Bonchev–Trinajstić information content (AvgIpc) is 3.21. The number of aromatic nitrogens is 2. The minimum atomic E-state index is -0.416. The molecule has 4 aromatic rings. The van der Waals surface area contributed by atoms with E-state index in [-0.39, 0.29) is 12.0 Å². The normalized spacial score (nSPS) is 13.1. The topological polar surface area (TPSA) is 64.1 Å². The minimum absolute atomic E-state index is 0.0489. The highest BCUT2D eigenvalue weighted by Crippen LogP contribution is 2.44. The van der Waals surface area contributed by atoms with Crippen molar-refractivity contribution >= 4 is 6.09 Å². The van der Waals surface area contributed by atoms with E-state index in [1.54, 1.807) is 0 Å². The summed E-state index contributed by atoms with van der Waals surface area (Å²) in [6.07, 6.45) is 1.11. The molecule has 5 heteroatoms. The molecular weight excluding hydrogens is 434 g/mol. The number of hydrogen-bond donors (Lipinski definition) is 1. The van der Waals surface area contributed by atoms with E-state index in [0.717, 1.165) is 23.4 Å². The van der Waals surface area contributed by atoms with Crippen LogP contribution in [0, 0.1) is 0 Å². The Morgan fingerprint density at radius 3 is 2.11 bits per heavy atom. The van der Waals surface area contributed by atoms with Crippen molar-refractivity contribution < 1.29 is 9.53 Å². The molecule has 1 aliphatic carbocycles. The van der Waals surface area contributed by atoms with E-state index in [0.29, 0.717) is 13.0 Å². The van der Waals surface area contributed by atoms with Crippen LogP contribution in [0.25, 0.3) is 22.4 Å². The van der Waals surface area contributed by atoms with E-state index >= 15 is 0 Å². The summed E-state index contributed by atoms with van der Waals surface area (Å²) in [5, 5.41) is 11.8. The highest BCUT2D eigenvalue weighted by molar-refractivity contribution is 5.79. The molecule has 1 amide bonds. The van der Waals surface area contributed by atoms with Crippen molar-refractivity contribution in [3.05, 3.63) is 107 Å². The number of benzene rings is 3. The molecule has 35 heavy (non-hydrogen) atoms. The Bertz CT molecular complexity index is 1290. The van der Waals surface area contributed by atoms with Crippen LogP contribution in [0.3, 0.4) is 0 Å². The van der Waals surface area contributed by atoms with Gasteiger partial charge in [-0.2, -0.15) is 10.2 Å². The summed E-state index contributed by atoms with van der Waals surface area (Å²) in [7, 11) is 0. The number of carbonyl (C=O) groups is 1. The van der Waals surface area contributed by atoms with Crippen LogP contribution in [-0.4, -0.2) is 28.9 Å². The smallest absolute Gasteiger partial charge is 0.407 e. The summed E-state index contributed by atoms with van der Waals surface area (Å²) in [6.45, 7) is 4.39. The van der Waals surface area contributed by atoms with Gasteiger partial charge in [0.15, 0.2) is 0 Å². The van der Waals surface area contributed by atoms with E-state index < -0.39 is 6.09 Å². The van der Waals surface area contributed by atoms with Crippen molar-refractivity contribution in [2.24, 2.45) is 0 Å². The predicted molar refractivity (Wildman–Crippen MR) is 138 cm³/mol. The fourth-order valence-electron chi connectivity index (χ4n) is 4.90. The number of carbonyl (C=O) groups excluding carboxylic acids is 1. The van der Waals surface area contributed by atoms with Crippen LogP contribution in [0.5, 0.6) is 0 Å². The molecule has 0 saturated heterocycles. The first-order valence-electron chi connectivity index (χ1n) is 12.2. The Balaban J connectivity index is 1.18. The molecule has 0 aliphatic heterocycles. The Labute approximate surface area is 206 Å². The lowest BCUT2D eigenvalue weighted by Gasteiger charge is -2.17. The van der Waals surface area contributed by atoms with Crippen LogP contribution >= 0.6 is 0 Å². The van der Waals surface area contributed by atoms with E-state index in [1.165, 1.54) is 27.8 Å². The molecular formula is C30H29N3O2. The Morgan fingerprint density at radius 1 is 0.857 bits per heavy atom. The summed E-state index contributed by atoms with van der Waals surface area (Å²) in [4.78, 5) is 12.6. The third-order valence-electron chi connectivity index (χ3n) is 6.62. The van der Waals surface area contributed by atoms with E-state index in [2.05, 4.69) is 58.8 Å². The van der Waals surface area contributed by atoms with E-state index in [1.807, 2.05) is 55.5 Å². The number of hydrogen-bond acceptors (Lipinski definition) is 4. The molecule has 1 heterocycles. The van der Waals surface area contributed by atoms with Gasteiger partial charge >= 0.3 is 6.09 Å². The maximum Gasteiger partial charge on any atom is 0.407 e. The third kappa shape index (κ3) is 4.80. The van der Waals surface area contributed by atoms with Crippen molar-refractivity contribution in [1.29, 1.82) is 0 Å². The number of fused-ring (bicyclic) bond motifs is 3. The van der Waals surface area contributed by atoms with Gasteiger partial charge in [0.2, 0.25) is 0 Å². The van der Waals surface area contributed by atoms with Gasteiger partial charge in [-0.3, -0.25) is 0 Å². The Hall–Kier alpha value is -3.99. The van der Waals surface area contributed by atoms with Crippen LogP contribution in [0.1, 0.15) is 42.1 Å². The van der Waals surface area contributed by atoms with Crippen LogP contribution in [0.4, 0.5) is 4.79 Å². The summed E-state index contributed by atoms with van der Waals surface area (Å²) >= 11 is 0. The summed E-state index contributed by atoms with van der Waals surface area (Å²) < 4.78 is 5.66. The van der Waals surface area contributed by atoms with Gasteiger partial charge in [0.1, 0.15) is 6.61 Å². The van der Waals surface area contributed by atoms with Gasteiger partial charge in [-0.25, -0.2) is 4.79 Å². The number of ether oxygens (including phenoxy) is 1. The molecule has 3 aromatic carbocycles. The second kappa shape index (κ2) is 10.1. The SMILES string of the molecule is CCc1ccccc1-c1ccc(C[C@@H](C)NC(=O)OCC2c3ccccc3-c3ccccc32)nn1. The Kier molecular flexibility index (Phi) is 6.57. The maximum atomic E-state index is 12.6. The van der Waals surface area contributed by atoms with Crippen molar-refractivity contribution in [3.8, 4) is 22.4 Å². The van der Waals surface area contributed by atoms with Crippen LogP contribution < -0.4 is 5.32 Å². The standard InChI is InChI=1S/C30H29N3O2/c1-3-21-10-4-5-11-23(21)29-17-16-22(32-33-29)18-20(2)31-30(34)35-19-28-26-14-8-6-12-24(26)25-13-7-9-15-27(25)28/h4-17,20,28H,3,18-19H2,1-2H3,(H,31,34)/t20-/m1/s1. The highest BCUT2D eigenvalue weighted by Gasteiger charge is 2.29. The number of alkyl carbamates (subject to hydrolysis) is 1. The van der Waals surface area contributed by atoms with Gasteiger partial charge in [-0.05, 0) is 53.3 Å². The molecule has 1 atom stereocenters. The Morgan fingerprint density at radius 2 is 1.49 bits per heavy atom. The van der Waals surface area contributed by atoms with Crippen molar-refractivity contribution in [1.82, 2.24) is 15.5 Å². The third-order valence-corrected chi connectivity index (χ3v) is 6.62. The monoisotopic (exact) mass is 463 g/mol. The van der Waals surface area contributed by atoms with Gasteiger partial charge in [0, 0.05) is 23.9 Å². The highest BCUT2D eigenvalue weighted by atomic mass is 16.5. The minimum Gasteiger partial charge on any atom is -0.449 e. The fraction of sp³-hybridized carbons (Fsp3) is 0.233. The fourth-order valence-corrected chi connectivity index (χ4v) is 4.90. The predicted octanol–water partition coefficient (Wildman–Crippen LogP) is 6.18. The second-order valence-corrected chi connectivity index (χ2v) is 9.00. The average molecular weight is 464 g/mol. The van der Waals surface area contributed by atoms with Crippen LogP contribution in [0.2, 0.25) is 0 Å². The number of amides is 1. The number of nitrogens with zero attached hydrogens (tertiary/aromatic N) is 2. The molecule has 0 bridgehead atoms. The molecule has 5 rings (SSSR count). The van der Waals surface area contributed by atoms with Crippen molar-refractivity contribution in [2.45, 2.75) is 38.6 Å². The van der Waals surface area contributed by atoms with Crippen molar-refractivity contribution in [2.75, 3.05) is 6.61 Å². The molecule has 0 fully saturated rings.